The van der Waals surface area contributed by atoms with E-state index in [4.69, 9.17) is 10.2 Å². The molecule has 0 spiro atoms. The molecular weight excluding hydrogens is 132 g/mol. The van der Waals surface area contributed by atoms with Crippen LogP contribution in [-0.2, 0) is 4.79 Å². The van der Waals surface area contributed by atoms with Crippen molar-refractivity contribution in [3.05, 3.63) is 11.6 Å². The summed E-state index contributed by atoms with van der Waals surface area (Å²) in [6, 6.07) is 0. The molecule has 0 saturated carbocycles. The molecule has 0 aromatic carbocycles. The lowest BCUT2D eigenvalue weighted by Gasteiger charge is -2.04. The number of aliphatic hydroxyl groups excluding tert-OH is 1. The molecule has 0 aliphatic heterocycles. The van der Waals surface area contributed by atoms with E-state index in [2.05, 4.69) is 0 Å². The fourth-order valence-electron chi connectivity index (χ4n) is 0.677. The highest BCUT2D eigenvalue weighted by molar-refractivity contribution is 5.80. The predicted molar refractivity (Wildman–Crippen MR) is 37.7 cm³/mol. The van der Waals surface area contributed by atoms with Gasteiger partial charge in [0, 0.05) is 6.08 Å². The molecule has 0 aromatic rings. The minimum absolute atomic E-state index is 0.549. The van der Waals surface area contributed by atoms with Crippen molar-refractivity contribution in [2.45, 2.75) is 26.4 Å². The summed E-state index contributed by atoms with van der Waals surface area (Å²) in [5.41, 5.74) is 0.549. The lowest BCUT2D eigenvalue weighted by Crippen LogP contribution is -2.05. The second kappa shape index (κ2) is 4.06. The molecule has 0 rings (SSSR count). The van der Waals surface area contributed by atoms with Crippen LogP contribution in [0.4, 0.5) is 0 Å². The third-order valence-electron chi connectivity index (χ3n) is 1.25. The fourth-order valence-corrected chi connectivity index (χ4v) is 0.677. The van der Waals surface area contributed by atoms with Crippen LogP contribution in [0, 0.1) is 0 Å². The van der Waals surface area contributed by atoms with Crippen LogP contribution in [-0.4, -0.2) is 22.3 Å². The van der Waals surface area contributed by atoms with E-state index in [1.54, 1.807) is 6.92 Å². The average Bonchev–Trinajstić information content (AvgIpc) is 1.81. The Balaban J connectivity index is 4.18. The third-order valence-corrected chi connectivity index (χ3v) is 1.25. The Hall–Kier alpha value is -0.830. The van der Waals surface area contributed by atoms with Crippen LogP contribution in [0.3, 0.4) is 0 Å². The van der Waals surface area contributed by atoms with Crippen LogP contribution in [0.2, 0.25) is 0 Å². The van der Waals surface area contributed by atoms with E-state index >= 15 is 0 Å². The van der Waals surface area contributed by atoms with Gasteiger partial charge in [0.15, 0.2) is 0 Å². The summed E-state index contributed by atoms with van der Waals surface area (Å²) in [7, 11) is 0. The van der Waals surface area contributed by atoms with E-state index in [0.29, 0.717) is 12.0 Å². The average molecular weight is 144 g/mol. The van der Waals surface area contributed by atoms with Gasteiger partial charge in [0.2, 0.25) is 0 Å². The van der Waals surface area contributed by atoms with Gasteiger partial charge in [-0.3, -0.25) is 0 Å². The number of carbonyl (C=O) groups is 1. The molecule has 0 fully saturated rings. The summed E-state index contributed by atoms with van der Waals surface area (Å²) in [6.07, 6.45) is 0.968. The van der Waals surface area contributed by atoms with Gasteiger partial charge >= 0.3 is 5.97 Å². The van der Waals surface area contributed by atoms with E-state index in [-0.39, 0.29) is 0 Å². The van der Waals surface area contributed by atoms with Crippen LogP contribution < -0.4 is 0 Å². The number of hydrogen-bond donors (Lipinski definition) is 2. The molecule has 0 bridgehead atoms. The second-order valence-electron chi connectivity index (χ2n) is 2.09. The summed E-state index contributed by atoms with van der Waals surface area (Å²) in [5.74, 6) is -1.00. The molecule has 0 radical (unpaired) electrons. The van der Waals surface area contributed by atoms with Crippen molar-refractivity contribution in [2.75, 3.05) is 0 Å². The van der Waals surface area contributed by atoms with E-state index in [0.717, 1.165) is 6.08 Å². The zero-order chi connectivity index (χ0) is 8.15. The number of carboxylic acids is 1. The molecule has 58 valence electrons. The molecular formula is C7H12O3. The first-order valence-corrected chi connectivity index (χ1v) is 3.19. The maximum absolute atomic E-state index is 10.1. The third kappa shape index (κ3) is 3.25. The van der Waals surface area contributed by atoms with Gasteiger partial charge in [-0.1, -0.05) is 6.92 Å². The van der Waals surface area contributed by atoms with E-state index in [1.165, 1.54) is 0 Å². The molecule has 0 aliphatic rings. The molecule has 0 saturated heterocycles. The Kier molecular flexibility index (Phi) is 3.72. The van der Waals surface area contributed by atoms with Gasteiger partial charge in [0.05, 0.1) is 6.10 Å². The van der Waals surface area contributed by atoms with Crippen molar-refractivity contribution in [3.63, 3.8) is 0 Å². The van der Waals surface area contributed by atoms with E-state index in [1.807, 2.05) is 6.92 Å². The van der Waals surface area contributed by atoms with Crippen molar-refractivity contribution < 1.29 is 15.0 Å². The molecule has 3 heteroatoms. The molecule has 10 heavy (non-hydrogen) atoms. The van der Waals surface area contributed by atoms with Gasteiger partial charge in [-0.2, -0.15) is 0 Å². The lowest BCUT2D eigenvalue weighted by atomic mass is 10.1. The highest BCUT2D eigenvalue weighted by Gasteiger charge is 2.03. The summed E-state index contributed by atoms with van der Waals surface area (Å²) in [4.78, 5) is 10.1. The van der Waals surface area contributed by atoms with Gasteiger partial charge in [0.1, 0.15) is 0 Å². The molecule has 2 N–H and O–H groups in total. The Morgan fingerprint density at radius 1 is 1.70 bits per heavy atom. The zero-order valence-corrected chi connectivity index (χ0v) is 6.16. The normalized spacial score (nSPS) is 14.9. The number of aliphatic hydroxyl groups is 1. The Bertz CT molecular complexity index is 147. The number of rotatable bonds is 3. The van der Waals surface area contributed by atoms with Gasteiger partial charge in [-0.15, -0.1) is 0 Å². The van der Waals surface area contributed by atoms with Crippen molar-refractivity contribution in [1.82, 2.24) is 0 Å². The fraction of sp³-hybridized carbons (Fsp3) is 0.571. The van der Waals surface area contributed by atoms with E-state index in [9.17, 15) is 4.79 Å². The van der Waals surface area contributed by atoms with Crippen molar-refractivity contribution >= 4 is 5.97 Å². The largest absolute Gasteiger partial charge is 0.478 e. The van der Waals surface area contributed by atoms with Crippen LogP contribution in [0.5, 0.6) is 0 Å². The maximum atomic E-state index is 10.1. The monoisotopic (exact) mass is 144 g/mol. The topological polar surface area (TPSA) is 57.5 Å². The predicted octanol–water partition coefficient (Wildman–Crippen LogP) is 0.788. The Morgan fingerprint density at radius 3 is 2.30 bits per heavy atom. The summed E-state index contributed by atoms with van der Waals surface area (Å²) >= 11 is 0. The Morgan fingerprint density at radius 2 is 2.20 bits per heavy atom. The second-order valence-corrected chi connectivity index (χ2v) is 2.09. The van der Waals surface area contributed by atoms with E-state index < -0.39 is 12.1 Å². The van der Waals surface area contributed by atoms with Crippen LogP contribution in [0.25, 0.3) is 0 Å². The van der Waals surface area contributed by atoms with Crippen LogP contribution >= 0.6 is 0 Å². The maximum Gasteiger partial charge on any atom is 0.328 e. The summed E-state index contributed by atoms with van der Waals surface area (Å²) < 4.78 is 0. The Labute approximate surface area is 60.0 Å². The highest BCUT2D eigenvalue weighted by Crippen LogP contribution is 2.05. The molecule has 0 aromatic heterocycles. The number of aliphatic carboxylic acids is 1. The van der Waals surface area contributed by atoms with Crippen molar-refractivity contribution in [2.24, 2.45) is 0 Å². The minimum atomic E-state index is -1.00. The van der Waals surface area contributed by atoms with Crippen LogP contribution in [0.15, 0.2) is 11.6 Å². The summed E-state index contributed by atoms with van der Waals surface area (Å²) in [6.45, 7) is 3.36. The quantitative estimate of drug-likeness (QED) is 0.576. The smallest absolute Gasteiger partial charge is 0.328 e. The van der Waals surface area contributed by atoms with Gasteiger partial charge in [-0.05, 0) is 18.9 Å². The van der Waals surface area contributed by atoms with Crippen molar-refractivity contribution in [1.29, 1.82) is 0 Å². The first-order valence-electron chi connectivity index (χ1n) is 3.19. The molecule has 0 aliphatic carbocycles. The SMILES string of the molecule is CC/C(=C/C(=O)O)C(C)O. The molecule has 3 nitrogen and oxygen atoms in total. The number of carboxylic acid groups (broad SMARTS) is 1. The van der Waals surface area contributed by atoms with Crippen molar-refractivity contribution in [3.8, 4) is 0 Å². The first kappa shape index (κ1) is 9.17. The van der Waals surface area contributed by atoms with Gasteiger partial charge < -0.3 is 10.2 Å². The molecule has 1 unspecified atom stereocenters. The molecule has 1 atom stereocenters. The van der Waals surface area contributed by atoms with Crippen LogP contribution in [0.1, 0.15) is 20.3 Å². The lowest BCUT2D eigenvalue weighted by molar-refractivity contribution is -0.131. The van der Waals surface area contributed by atoms with Gasteiger partial charge in [-0.25, -0.2) is 4.79 Å². The summed E-state index contributed by atoms with van der Waals surface area (Å²) in [5, 5.41) is 17.2. The minimum Gasteiger partial charge on any atom is -0.478 e. The standard InChI is InChI=1S/C7H12O3/c1-3-6(5(2)8)4-7(9)10/h4-5,8H,3H2,1-2H3,(H,9,10)/b6-4-. The highest BCUT2D eigenvalue weighted by atomic mass is 16.4. The number of hydrogen-bond acceptors (Lipinski definition) is 2. The first-order chi connectivity index (χ1) is 4.57. The zero-order valence-electron chi connectivity index (χ0n) is 6.16. The molecule has 0 amide bonds. The van der Waals surface area contributed by atoms with Gasteiger partial charge in [0.25, 0.3) is 0 Å². The molecule has 0 heterocycles.